The van der Waals surface area contributed by atoms with E-state index in [2.05, 4.69) is 19.2 Å². The maximum Gasteiger partial charge on any atom is 0.0967 e. The van der Waals surface area contributed by atoms with E-state index in [4.69, 9.17) is 4.74 Å². The van der Waals surface area contributed by atoms with Crippen LogP contribution >= 0.6 is 0 Å². The fourth-order valence-corrected chi connectivity index (χ4v) is 1.74. The first-order valence-corrected chi connectivity index (χ1v) is 7.20. The lowest BCUT2D eigenvalue weighted by atomic mass is 10.1. The predicted molar refractivity (Wildman–Crippen MR) is 71.6 cm³/mol. The molecular formula is C14H30NO2. The largest absolute Gasteiger partial charge is 0.366 e. The summed E-state index contributed by atoms with van der Waals surface area (Å²) in [6, 6.07) is 0.557. The summed E-state index contributed by atoms with van der Waals surface area (Å²) >= 11 is 0. The van der Waals surface area contributed by atoms with E-state index in [1.54, 1.807) is 0 Å². The monoisotopic (exact) mass is 244 g/mol. The summed E-state index contributed by atoms with van der Waals surface area (Å²) in [5, 5.41) is 13.6. The van der Waals surface area contributed by atoms with Crippen LogP contribution in [0.3, 0.4) is 0 Å². The van der Waals surface area contributed by atoms with Crippen LogP contribution in [0.2, 0.25) is 0 Å². The molecule has 0 aromatic carbocycles. The standard InChI is InChI=1S/C14H30NO2/c1-3-4-7-10-14(2)15-13-17-12-9-6-5-8-11-16/h14-15H,3-13H2,1-2H3. The van der Waals surface area contributed by atoms with E-state index in [9.17, 15) is 5.11 Å². The molecule has 0 spiro atoms. The van der Waals surface area contributed by atoms with Gasteiger partial charge in [-0.3, -0.25) is 5.32 Å². The number of hydrogen-bond donors (Lipinski definition) is 1. The first kappa shape index (κ1) is 16.9. The summed E-state index contributed by atoms with van der Waals surface area (Å²) in [4.78, 5) is 0. The Kier molecular flexibility index (Phi) is 13.8. The van der Waals surface area contributed by atoms with Crippen molar-refractivity contribution in [3.8, 4) is 0 Å². The summed E-state index contributed by atoms with van der Waals surface area (Å²) in [5.41, 5.74) is 0. The van der Waals surface area contributed by atoms with Gasteiger partial charge < -0.3 is 4.74 Å². The van der Waals surface area contributed by atoms with Gasteiger partial charge in [0.1, 0.15) is 0 Å². The molecule has 0 aliphatic rings. The van der Waals surface area contributed by atoms with Crippen molar-refractivity contribution in [2.75, 3.05) is 19.9 Å². The second-order valence-corrected chi connectivity index (χ2v) is 4.77. The van der Waals surface area contributed by atoms with Gasteiger partial charge in [0.25, 0.3) is 0 Å². The molecule has 3 heteroatoms. The fourth-order valence-electron chi connectivity index (χ4n) is 1.74. The van der Waals surface area contributed by atoms with Gasteiger partial charge in [-0.2, -0.15) is 0 Å². The number of ether oxygens (including phenoxy) is 1. The number of nitrogens with one attached hydrogen (secondary N) is 1. The maximum atomic E-state index is 10.2. The van der Waals surface area contributed by atoms with Crippen LogP contribution in [0.25, 0.3) is 0 Å². The predicted octanol–water partition coefficient (Wildman–Crippen LogP) is 3.51. The average Bonchev–Trinajstić information content (AvgIpc) is 2.33. The molecule has 0 aliphatic carbocycles. The van der Waals surface area contributed by atoms with Gasteiger partial charge in [0.05, 0.1) is 13.3 Å². The second-order valence-electron chi connectivity index (χ2n) is 4.77. The molecule has 1 unspecified atom stereocenters. The maximum absolute atomic E-state index is 10.2. The van der Waals surface area contributed by atoms with Gasteiger partial charge in [0, 0.05) is 12.6 Å². The lowest BCUT2D eigenvalue weighted by Crippen LogP contribution is -2.28. The van der Waals surface area contributed by atoms with Crippen LogP contribution in [-0.4, -0.2) is 26.0 Å². The Morgan fingerprint density at radius 2 is 1.82 bits per heavy atom. The van der Waals surface area contributed by atoms with E-state index in [0.717, 1.165) is 32.3 Å². The molecule has 0 heterocycles. The van der Waals surface area contributed by atoms with E-state index < -0.39 is 0 Å². The first-order chi connectivity index (χ1) is 8.31. The zero-order chi connectivity index (χ0) is 12.8. The van der Waals surface area contributed by atoms with Gasteiger partial charge in [-0.1, -0.05) is 39.0 Å². The summed E-state index contributed by atoms with van der Waals surface area (Å²) in [5.74, 6) is 0. The highest BCUT2D eigenvalue weighted by Gasteiger charge is 1.99. The molecule has 0 aromatic heterocycles. The third-order valence-electron chi connectivity index (χ3n) is 2.96. The van der Waals surface area contributed by atoms with E-state index in [-0.39, 0.29) is 6.61 Å². The van der Waals surface area contributed by atoms with E-state index >= 15 is 0 Å². The Labute approximate surface area is 107 Å². The minimum absolute atomic E-state index is 0.0672. The third-order valence-corrected chi connectivity index (χ3v) is 2.96. The number of rotatable bonds is 13. The highest BCUT2D eigenvalue weighted by molar-refractivity contribution is 4.57. The van der Waals surface area contributed by atoms with Crippen molar-refractivity contribution in [3.05, 3.63) is 0 Å². The van der Waals surface area contributed by atoms with Gasteiger partial charge in [0.2, 0.25) is 0 Å². The van der Waals surface area contributed by atoms with Crippen molar-refractivity contribution in [1.29, 1.82) is 0 Å². The lowest BCUT2D eigenvalue weighted by Gasteiger charge is -2.13. The van der Waals surface area contributed by atoms with Crippen LogP contribution < -0.4 is 5.32 Å². The van der Waals surface area contributed by atoms with Crippen LogP contribution in [0.1, 0.15) is 65.2 Å². The molecule has 1 N–H and O–H groups in total. The highest BCUT2D eigenvalue weighted by Crippen LogP contribution is 2.03. The molecule has 3 nitrogen and oxygen atoms in total. The minimum Gasteiger partial charge on any atom is -0.366 e. The van der Waals surface area contributed by atoms with Gasteiger partial charge >= 0.3 is 0 Å². The topological polar surface area (TPSA) is 41.2 Å². The second kappa shape index (κ2) is 13.9. The molecule has 103 valence electrons. The van der Waals surface area contributed by atoms with Crippen LogP contribution in [0, 0.1) is 0 Å². The normalized spacial score (nSPS) is 12.9. The Hall–Kier alpha value is -0.120. The van der Waals surface area contributed by atoms with Gasteiger partial charge in [-0.05, 0) is 26.2 Å². The minimum atomic E-state index is 0.0672. The Bertz CT molecular complexity index is 142. The third kappa shape index (κ3) is 13.8. The molecule has 17 heavy (non-hydrogen) atoms. The van der Waals surface area contributed by atoms with E-state index in [1.165, 1.54) is 25.7 Å². The van der Waals surface area contributed by atoms with Crippen LogP contribution in [0.15, 0.2) is 0 Å². The fraction of sp³-hybridized carbons (Fsp3) is 1.00. The molecule has 0 saturated carbocycles. The molecular weight excluding hydrogens is 214 g/mol. The summed E-state index contributed by atoms with van der Waals surface area (Å²) in [6.07, 6.45) is 9.21. The first-order valence-electron chi connectivity index (χ1n) is 7.20. The smallest absolute Gasteiger partial charge is 0.0967 e. The van der Waals surface area contributed by atoms with E-state index in [0.29, 0.717) is 12.8 Å². The summed E-state index contributed by atoms with van der Waals surface area (Å²) in [7, 11) is 0. The average molecular weight is 244 g/mol. The molecule has 1 radical (unpaired) electrons. The molecule has 0 bridgehead atoms. The Morgan fingerprint density at radius 1 is 1.06 bits per heavy atom. The lowest BCUT2D eigenvalue weighted by molar-refractivity contribution is 0.104. The molecule has 0 rings (SSSR count). The van der Waals surface area contributed by atoms with Gasteiger partial charge in [0.15, 0.2) is 0 Å². The van der Waals surface area contributed by atoms with Crippen LogP contribution in [-0.2, 0) is 9.84 Å². The van der Waals surface area contributed by atoms with Crippen molar-refractivity contribution in [2.24, 2.45) is 0 Å². The van der Waals surface area contributed by atoms with Crippen molar-refractivity contribution in [2.45, 2.75) is 71.3 Å². The van der Waals surface area contributed by atoms with E-state index in [1.807, 2.05) is 0 Å². The SMILES string of the molecule is CCCCCC(C)NCOCCCCCC[O]. The number of unbranched alkanes of at least 4 members (excludes halogenated alkanes) is 5. The van der Waals surface area contributed by atoms with Crippen LogP contribution in [0.5, 0.6) is 0 Å². The van der Waals surface area contributed by atoms with Crippen molar-refractivity contribution >= 4 is 0 Å². The summed E-state index contributed by atoms with van der Waals surface area (Å²) in [6.45, 7) is 5.99. The number of hydrogen-bond acceptors (Lipinski definition) is 2. The molecule has 1 atom stereocenters. The Morgan fingerprint density at radius 3 is 2.53 bits per heavy atom. The molecule has 0 aliphatic heterocycles. The van der Waals surface area contributed by atoms with Crippen LogP contribution in [0.4, 0.5) is 0 Å². The molecule has 0 aromatic rings. The van der Waals surface area contributed by atoms with Gasteiger partial charge in [-0.15, -0.1) is 0 Å². The van der Waals surface area contributed by atoms with Crippen molar-refractivity contribution < 1.29 is 9.84 Å². The molecule has 0 amide bonds. The van der Waals surface area contributed by atoms with Crippen molar-refractivity contribution in [1.82, 2.24) is 5.32 Å². The zero-order valence-electron chi connectivity index (χ0n) is 11.7. The van der Waals surface area contributed by atoms with Crippen molar-refractivity contribution in [3.63, 3.8) is 0 Å². The molecule has 0 fully saturated rings. The highest BCUT2D eigenvalue weighted by atomic mass is 16.5. The zero-order valence-corrected chi connectivity index (χ0v) is 11.7. The quantitative estimate of drug-likeness (QED) is 0.398. The summed E-state index contributed by atoms with van der Waals surface area (Å²) < 4.78 is 5.50. The molecule has 0 saturated heterocycles. The van der Waals surface area contributed by atoms with Gasteiger partial charge in [-0.25, -0.2) is 5.11 Å². The Balaban J connectivity index is 3.05.